The number of aryl methyl sites for hydroxylation is 3. The normalized spacial score (nSPS) is 13.0. The van der Waals surface area contributed by atoms with Gasteiger partial charge in [-0.25, -0.2) is 4.98 Å². The summed E-state index contributed by atoms with van der Waals surface area (Å²) in [5, 5.41) is 4.32. The van der Waals surface area contributed by atoms with E-state index in [0.717, 1.165) is 29.2 Å². The highest BCUT2D eigenvalue weighted by Crippen LogP contribution is 2.26. The lowest BCUT2D eigenvalue weighted by atomic mass is 10.1. The Morgan fingerprint density at radius 2 is 1.86 bits per heavy atom. The first kappa shape index (κ1) is 14.1. The van der Waals surface area contributed by atoms with E-state index >= 15 is 0 Å². The zero-order valence-corrected chi connectivity index (χ0v) is 13.5. The van der Waals surface area contributed by atoms with Crippen molar-refractivity contribution in [2.24, 2.45) is 7.05 Å². The molecule has 0 aliphatic rings. The molecule has 0 spiro atoms. The lowest BCUT2D eigenvalue weighted by Gasteiger charge is -2.11. The molecule has 0 saturated heterocycles. The van der Waals surface area contributed by atoms with Crippen molar-refractivity contribution in [2.75, 3.05) is 0 Å². The fourth-order valence-corrected chi connectivity index (χ4v) is 2.85. The molecule has 0 aliphatic carbocycles. The lowest BCUT2D eigenvalue weighted by Crippen LogP contribution is -2.09. The van der Waals surface area contributed by atoms with Crippen LogP contribution < -0.4 is 0 Å². The van der Waals surface area contributed by atoms with Gasteiger partial charge in [-0.05, 0) is 26.3 Å². The molecule has 110 valence electrons. The molecule has 0 fully saturated rings. The van der Waals surface area contributed by atoms with E-state index in [1.165, 1.54) is 11.1 Å². The van der Waals surface area contributed by atoms with Crippen molar-refractivity contribution in [1.82, 2.24) is 19.3 Å². The number of hydrogen-bond acceptors (Lipinski definition) is 2. The van der Waals surface area contributed by atoms with Crippen LogP contribution in [0.5, 0.6) is 0 Å². The quantitative estimate of drug-likeness (QED) is 0.691. The van der Waals surface area contributed by atoms with Gasteiger partial charge < -0.3 is 4.57 Å². The number of aromatic nitrogens is 4. The van der Waals surface area contributed by atoms with Crippen LogP contribution in [0.25, 0.3) is 11.2 Å². The maximum atomic E-state index is 6.32. The van der Waals surface area contributed by atoms with Crippen molar-refractivity contribution in [2.45, 2.75) is 32.7 Å². The number of rotatable bonds is 3. The number of alkyl halides is 1. The van der Waals surface area contributed by atoms with Gasteiger partial charge in [0.2, 0.25) is 0 Å². The fourth-order valence-electron chi connectivity index (χ4n) is 2.69. The van der Waals surface area contributed by atoms with Crippen LogP contribution in [0.1, 0.15) is 34.9 Å². The largest absolute Gasteiger partial charge is 0.307 e. The van der Waals surface area contributed by atoms with Crippen LogP contribution >= 0.6 is 11.6 Å². The summed E-state index contributed by atoms with van der Waals surface area (Å²) in [7, 11) is 1.95. The molecule has 3 rings (SSSR count). The van der Waals surface area contributed by atoms with Crippen LogP contribution in [0.4, 0.5) is 0 Å². The smallest absolute Gasteiger partial charge is 0.159 e. The molecule has 0 amide bonds. The van der Waals surface area contributed by atoms with Crippen LogP contribution in [0, 0.1) is 13.8 Å². The van der Waals surface area contributed by atoms with E-state index in [1.54, 1.807) is 0 Å². The number of nitrogens with zero attached hydrogens (tertiary/aromatic N) is 4. The van der Waals surface area contributed by atoms with E-state index in [1.807, 2.05) is 25.6 Å². The van der Waals surface area contributed by atoms with Crippen molar-refractivity contribution < 1.29 is 0 Å². The average Bonchev–Trinajstić information content (AvgIpc) is 2.93. The summed E-state index contributed by atoms with van der Waals surface area (Å²) in [6, 6.07) is 8.55. The Hall–Kier alpha value is -1.81. The molecule has 0 radical (unpaired) electrons. The molecule has 1 unspecified atom stereocenters. The molecular weight excluding hydrogens is 284 g/mol. The van der Waals surface area contributed by atoms with Crippen molar-refractivity contribution in [1.29, 1.82) is 0 Å². The molecule has 0 aliphatic heterocycles. The first-order valence-electron chi connectivity index (χ1n) is 7.06. The summed E-state index contributed by atoms with van der Waals surface area (Å²) in [4.78, 5) is 4.69. The number of benzene rings is 1. The van der Waals surface area contributed by atoms with Crippen molar-refractivity contribution in [3.05, 3.63) is 46.9 Å². The van der Waals surface area contributed by atoms with Gasteiger partial charge in [0, 0.05) is 7.05 Å². The minimum atomic E-state index is -0.137. The second kappa shape index (κ2) is 5.19. The van der Waals surface area contributed by atoms with Gasteiger partial charge in [0.1, 0.15) is 11.3 Å². The van der Waals surface area contributed by atoms with Gasteiger partial charge in [0.05, 0.1) is 17.6 Å². The monoisotopic (exact) mass is 302 g/mol. The first-order chi connectivity index (χ1) is 9.97. The zero-order chi connectivity index (χ0) is 15.1. The predicted octanol–water partition coefficient (Wildman–Crippen LogP) is 3.73. The minimum Gasteiger partial charge on any atom is -0.307 e. The van der Waals surface area contributed by atoms with Crippen LogP contribution in [-0.2, 0) is 13.6 Å². The third-order valence-corrected chi connectivity index (χ3v) is 3.93. The standard InChI is InChI=1S/C16H19ClN4/c1-10-5-7-13(8-6-10)9-21-15(11(2)17)18-14-12(3)19-20(4)16(14)21/h5-8,11H,9H2,1-4H3. The van der Waals surface area contributed by atoms with Crippen molar-refractivity contribution >= 4 is 22.8 Å². The van der Waals surface area contributed by atoms with Gasteiger partial charge in [-0.3, -0.25) is 4.68 Å². The SMILES string of the molecule is Cc1ccc(Cn2c(C(C)Cl)nc3c(C)nn(C)c32)cc1. The maximum absolute atomic E-state index is 6.32. The van der Waals surface area contributed by atoms with E-state index < -0.39 is 0 Å². The van der Waals surface area contributed by atoms with Gasteiger partial charge in [0.15, 0.2) is 5.65 Å². The van der Waals surface area contributed by atoms with E-state index in [9.17, 15) is 0 Å². The number of fused-ring (bicyclic) bond motifs is 1. The molecule has 0 N–H and O–H groups in total. The molecular formula is C16H19ClN4. The van der Waals surface area contributed by atoms with Gasteiger partial charge in [-0.1, -0.05) is 29.8 Å². The molecule has 21 heavy (non-hydrogen) atoms. The predicted molar refractivity (Wildman–Crippen MR) is 85.8 cm³/mol. The Kier molecular flexibility index (Phi) is 3.49. The molecule has 0 bridgehead atoms. The second-order valence-electron chi connectivity index (χ2n) is 5.54. The highest BCUT2D eigenvalue weighted by Gasteiger charge is 2.20. The summed E-state index contributed by atoms with van der Waals surface area (Å²) in [6.45, 7) is 6.78. The van der Waals surface area contributed by atoms with E-state index in [4.69, 9.17) is 16.6 Å². The Bertz CT molecular complexity index is 781. The third kappa shape index (κ3) is 2.44. The average molecular weight is 303 g/mol. The molecule has 1 atom stereocenters. The van der Waals surface area contributed by atoms with Gasteiger partial charge in [0.25, 0.3) is 0 Å². The van der Waals surface area contributed by atoms with Gasteiger partial charge >= 0.3 is 0 Å². The molecule has 3 aromatic rings. The van der Waals surface area contributed by atoms with E-state index in [0.29, 0.717) is 0 Å². The maximum Gasteiger partial charge on any atom is 0.159 e. The summed E-state index contributed by atoms with van der Waals surface area (Å²) >= 11 is 6.32. The molecule has 4 nitrogen and oxygen atoms in total. The second-order valence-corrected chi connectivity index (χ2v) is 6.19. The number of hydrogen-bond donors (Lipinski definition) is 0. The Labute approximate surface area is 129 Å². The molecule has 5 heteroatoms. The van der Waals surface area contributed by atoms with Crippen LogP contribution in [0.15, 0.2) is 24.3 Å². The van der Waals surface area contributed by atoms with Gasteiger partial charge in [-0.15, -0.1) is 11.6 Å². The first-order valence-corrected chi connectivity index (χ1v) is 7.50. The highest BCUT2D eigenvalue weighted by atomic mass is 35.5. The summed E-state index contributed by atoms with van der Waals surface area (Å²) in [5.41, 5.74) is 5.39. The van der Waals surface area contributed by atoms with Crippen LogP contribution in [0.2, 0.25) is 0 Å². The van der Waals surface area contributed by atoms with Crippen molar-refractivity contribution in [3.8, 4) is 0 Å². The Balaban J connectivity index is 2.14. The van der Waals surface area contributed by atoms with Crippen molar-refractivity contribution in [3.63, 3.8) is 0 Å². The summed E-state index contributed by atoms with van der Waals surface area (Å²) in [6.07, 6.45) is 0. The molecule has 2 aromatic heterocycles. The van der Waals surface area contributed by atoms with Crippen LogP contribution in [0.3, 0.4) is 0 Å². The van der Waals surface area contributed by atoms with E-state index in [2.05, 4.69) is 40.9 Å². The molecule has 2 heterocycles. The number of imidazole rings is 1. The van der Waals surface area contributed by atoms with Crippen LogP contribution in [-0.4, -0.2) is 19.3 Å². The van der Waals surface area contributed by atoms with Gasteiger partial charge in [-0.2, -0.15) is 5.10 Å². The number of halogens is 1. The Morgan fingerprint density at radius 1 is 1.19 bits per heavy atom. The molecule has 0 saturated carbocycles. The third-order valence-electron chi connectivity index (χ3n) is 3.74. The minimum absolute atomic E-state index is 0.137. The Morgan fingerprint density at radius 3 is 2.48 bits per heavy atom. The van der Waals surface area contributed by atoms with E-state index in [-0.39, 0.29) is 5.38 Å². The summed E-state index contributed by atoms with van der Waals surface area (Å²) in [5.74, 6) is 0.892. The lowest BCUT2D eigenvalue weighted by molar-refractivity contribution is 0.686. The molecule has 1 aromatic carbocycles. The zero-order valence-electron chi connectivity index (χ0n) is 12.8. The summed E-state index contributed by atoms with van der Waals surface area (Å²) < 4.78 is 4.05. The topological polar surface area (TPSA) is 35.6 Å². The highest BCUT2D eigenvalue weighted by molar-refractivity contribution is 6.20. The fraction of sp³-hybridized carbons (Fsp3) is 0.375.